The van der Waals surface area contributed by atoms with Gasteiger partial charge in [0.25, 0.3) is 0 Å². The molecule has 1 heterocycles. The largest absolute Gasteiger partial charge is 0.455 e. The van der Waals surface area contributed by atoms with Crippen LogP contribution in [-0.4, -0.2) is 0 Å². The van der Waals surface area contributed by atoms with Crippen LogP contribution in [-0.2, 0) is 0 Å². The molecule has 1 aromatic heterocycles. The Morgan fingerprint density at radius 1 is 0.298 bits per heavy atom. The van der Waals surface area contributed by atoms with Crippen LogP contribution in [0.25, 0.3) is 109 Å². The van der Waals surface area contributed by atoms with Crippen LogP contribution >= 0.6 is 0 Å². The summed E-state index contributed by atoms with van der Waals surface area (Å²) in [5.74, 6) is 0. The molecule has 11 rings (SSSR count). The maximum Gasteiger partial charge on any atom is 0.143 e. The summed E-state index contributed by atoms with van der Waals surface area (Å²) in [5, 5.41) is 17.5. The SMILES string of the molecule is c1ccc2c(c1)cc(-c1cc(-c3ccc4ccc5cccc6ccc3c4c56)c3oc4ccc5ccccc5c4c3c1)c1ccccc12. The van der Waals surface area contributed by atoms with Gasteiger partial charge in [-0.05, 0) is 106 Å². The first kappa shape index (κ1) is 25.1. The first-order chi connectivity index (χ1) is 23.3. The maximum atomic E-state index is 6.89. The number of benzene rings is 10. The molecule has 0 aliphatic carbocycles. The molecule has 11 aromatic rings. The van der Waals surface area contributed by atoms with Gasteiger partial charge >= 0.3 is 0 Å². The molecule has 0 bridgehead atoms. The molecule has 0 amide bonds. The molecule has 0 fully saturated rings. The second-order valence-corrected chi connectivity index (χ2v) is 12.8. The van der Waals surface area contributed by atoms with Crippen molar-refractivity contribution in [1.29, 1.82) is 0 Å². The Morgan fingerprint density at radius 3 is 1.79 bits per heavy atom. The van der Waals surface area contributed by atoms with Crippen molar-refractivity contribution in [1.82, 2.24) is 0 Å². The molecule has 216 valence electrons. The topological polar surface area (TPSA) is 13.1 Å². The normalized spacial score (nSPS) is 12.3. The van der Waals surface area contributed by atoms with Crippen LogP contribution in [0, 0.1) is 0 Å². The van der Waals surface area contributed by atoms with E-state index < -0.39 is 0 Å². The van der Waals surface area contributed by atoms with Crippen molar-refractivity contribution in [3.63, 3.8) is 0 Å². The summed E-state index contributed by atoms with van der Waals surface area (Å²) in [4.78, 5) is 0. The van der Waals surface area contributed by atoms with Crippen LogP contribution in [0.4, 0.5) is 0 Å². The molecule has 0 spiro atoms. The van der Waals surface area contributed by atoms with E-state index >= 15 is 0 Å². The van der Waals surface area contributed by atoms with Gasteiger partial charge in [0.1, 0.15) is 11.2 Å². The fourth-order valence-electron chi connectivity index (χ4n) is 8.27. The molecule has 0 aliphatic rings. The number of hydrogen-bond donors (Lipinski definition) is 0. The highest BCUT2D eigenvalue weighted by molar-refractivity contribution is 6.28. The highest BCUT2D eigenvalue weighted by atomic mass is 16.3. The van der Waals surface area contributed by atoms with Crippen molar-refractivity contribution in [2.45, 2.75) is 0 Å². The van der Waals surface area contributed by atoms with E-state index in [9.17, 15) is 0 Å². The van der Waals surface area contributed by atoms with E-state index in [2.05, 4.69) is 158 Å². The summed E-state index contributed by atoms with van der Waals surface area (Å²) in [6.07, 6.45) is 0. The third kappa shape index (κ3) is 3.43. The monoisotopic (exact) mass is 594 g/mol. The second-order valence-electron chi connectivity index (χ2n) is 12.8. The van der Waals surface area contributed by atoms with Crippen LogP contribution in [0.5, 0.6) is 0 Å². The summed E-state index contributed by atoms with van der Waals surface area (Å²) in [5.41, 5.74) is 6.58. The van der Waals surface area contributed by atoms with Gasteiger partial charge in [0.2, 0.25) is 0 Å². The molecular formula is C46H26O. The Labute approximate surface area is 270 Å². The average molecular weight is 595 g/mol. The van der Waals surface area contributed by atoms with E-state index in [0.717, 1.165) is 22.1 Å². The molecule has 0 aliphatic heterocycles. The van der Waals surface area contributed by atoms with Crippen molar-refractivity contribution in [2.24, 2.45) is 0 Å². The number of hydrogen-bond acceptors (Lipinski definition) is 1. The molecule has 1 nitrogen and oxygen atoms in total. The van der Waals surface area contributed by atoms with E-state index in [1.807, 2.05) is 0 Å². The molecule has 0 atom stereocenters. The molecule has 47 heavy (non-hydrogen) atoms. The van der Waals surface area contributed by atoms with Gasteiger partial charge in [0.15, 0.2) is 0 Å². The Balaban J connectivity index is 1.33. The van der Waals surface area contributed by atoms with Gasteiger partial charge in [-0.2, -0.15) is 0 Å². The smallest absolute Gasteiger partial charge is 0.143 e. The van der Waals surface area contributed by atoms with E-state index in [0.29, 0.717) is 0 Å². The van der Waals surface area contributed by atoms with Crippen LogP contribution in [0.1, 0.15) is 0 Å². The van der Waals surface area contributed by atoms with E-state index in [1.165, 1.54) is 86.7 Å². The van der Waals surface area contributed by atoms with Gasteiger partial charge in [-0.15, -0.1) is 0 Å². The lowest BCUT2D eigenvalue weighted by Crippen LogP contribution is -1.90. The Kier molecular flexibility index (Phi) is 4.90. The fraction of sp³-hybridized carbons (Fsp3) is 0. The van der Waals surface area contributed by atoms with Crippen molar-refractivity contribution < 1.29 is 4.42 Å². The Hall–Kier alpha value is -6.18. The van der Waals surface area contributed by atoms with Crippen LogP contribution in [0.2, 0.25) is 0 Å². The molecule has 0 N–H and O–H groups in total. The van der Waals surface area contributed by atoms with Crippen molar-refractivity contribution in [3.05, 3.63) is 158 Å². The van der Waals surface area contributed by atoms with Crippen molar-refractivity contribution >= 4 is 86.6 Å². The maximum absolute atomic E-state index is 6.89. The van der Waals surface area contributed by atoms with E-state index in [1.54, 1.807) is 0 Å². The van der Waals surface area contributed by atoms with Gasteiger partial charge in [0, 0.05) is 16.3 Å². The van der Waals surface area contributed by atoms with Gasteiger partial charge in [-0.1, -0.05) is 133 Å². The van der Waals surface area contributed by atoms with Crippen molar-refractivity contribution in [3.8, 4) is 22.3 Å². The third-order valence-corrected chi connectivity index (χ3v) is 10.4. The molecule has 0 radical (unpaired) electrons. The zero-order valence-corrected chi connectivity index (χ0v) is 25.4. The lowest BCUT2D eigenvalue weighted by Gasteiger charge is -2.16. The zero-order chi connectivity index (χ0) is 30.6. The van der Waals surface area contributed by atoms with Gasteiger partial charge < -0.3 is 4.42 Å². The summed E-state index contributed by atoms with van der Waals surface area (Å²) in [7, 11) is 0. The second kappa shape index (κ2) is 9.19. The molecule has 10 aromatic carbocycles. The van der Waals surface area contributed by atoms with Crippen LogP contribution in [0.3, 0.4) is 0 Å². The minimum Gasteiger partial charge on any atom is -0.455 e. The van der Waals surface area contributed by atoms with Gasteiger partial charge in [-0.25, -0.2) is 0 Å². The Morgan fingerprint density at radius 2 is 0.936 bits per heavy atom. The zero-order valence-electron chi connectivity index (χ0n) is 25.4. The molecule has 0 saturated heterocycles. The van der Waals surface area contributed by atoms with Crippen LogP contribution in [0.15, 0.2) is 162 Å². The number of furan rings is 1. The predicted octanol–water partition coefficient (Wildman–Crippen LogP) is 13.3. The fourth-order valence-corrected chi connectivity index (χ4v) is 8.27. The average Bonchev–Trinajstić information content (AvgIpc) is 3.52. The predicted molar refractivity (Wildman–Crippen MR) is 201 cm³/mol. The highest BCUT2D eigenvalue weighted by Gasteiger charge is 2.21. The highest BCUT2D eigenvalue weighted by Crippen LogP contribution is 2.47. The lowest BCUT2D eigenvalue weighted by molar-refractivity contribution is 0.670. The lowest BCUT2D eigenvalue weighted by atomic mass is 9.87. The molecule has 0 unspecified atom stereocenters. The molecule has 1 heteroatoms. The summed E-state index contributed by atoms with van der Waals surface area (Å²) < 4.78 is 6.89. The number of fused-ring (bicyclic) bond motifs is 8. The number of rotatable bonds is 2. The Bertz CT molecular complexity index is 3050. The summed E-state index contributed by atoms with van der Waals surface area (Å²) >= 11 is 0. The molecule has 0 saturated carbocycles. The van der Waals surface area contributed by atoms with E-state index in [4.69, 9.17) is 4.42 Å². The van der Waals surface area contributed by atoms with Crippen LogP contribution < -0.4 is 0 Å². The third-order valence-electron chi connectivity index (χ3n) is 10.4. The van der Waals surface area contributed by atoms with E-state index in [-0.39, 0.29) is 0 Å². The first-order valence-electron chi connectivity index (χ1n) is 16.3. The van der Waals surface area contributed by atoms with Crippen molar-refractivity contribution in [2.75, 3.05) is 0 Å². The quantitative estimate of drug-likeness (QED) is 0.182. The molecular weight excluding hydrogens is 569 g/mol. The van der Waals surface area contributed by atoms with Gasteiger partial charge in [-0.3, -0.25) is 0 Å². The minimum absolute atomic E-state index is 0.915. The minimum atomic E-state index is 0.915. The first-order valence-corrected chi connectivity index (χ1v) is 16.3. The summed E-state index contributed by atoms with van der Waals surface area (Å²) in [6.45, 7) is 0. The van der Waals surface area contributed by atoms with Gasteiger partial charge in [0.05, 0.1) is 0 Å². The standard InChI is InChI=1S/C46H26O/c1-4-13-34-27(8-1)20-23-42-45(34)41-26-32(39-24-31-9-2-3-12-33(31)35-14-5-6-15-36(35)39)25-40(46(41)47-42)37-21-18-30-17-16-28-10-7-11-29-19-22-38(37)44(30)43(28)29/h1-26H. The summed E-state index contributed by atoms with van der Waals surface area (Å²) in [6, 6.07) is 57.9.